The highest BCUT2D eigenvalue weighted by molar-refractivity contribution is 7.98. The Bertz CT molecular complexity index is 740. The average molecular weight is 337 g/mol. The van der Waals surface area contributed by atoms with E-state index >= 15 is 0 Å². The number of thioether (sulfide) groups is 1. The average Bonchev–Trinajstić information content (AvgIpc) is 3.08. The molecule has 1 aromatic heterocycles. The second-order valence-corrected chi connectivity index (χ2v) is 7.03. The summed E-state index contributed by atoms with van der Waals surface area (Å²) < 4.78 is 0. The van der Waals surface area contributed by atoms with Gasteiger partial charge in [0.05, 0.1) is 0 Å². The van der Waals surface area contributed by atoms with Gasteiger partial charge < -0.3 is 5.32 Å². The quantitative estimate of drug-likeness (QED) is 0.690. The van der Waals surface area contributed by atoms with Gasteiger partial charge in [-0.1, -0.05) is 72.5 Å². The molecule has 0 bridgehead atoms. The number of nitrogens with zero attached hydrogens (tertiary/aromatic N) is 1. The molecular formula is C20H23N3S. The molecule has 1 aliphatic rings. The molecule has 24 heavy (non-hydrogen) atoms. The molecule has 2 aromatic rings. The van der Waals surface area contributed by atoms with Crippen LogP contribution in [0.1, 0.15) is 17.5 Å². The molecule has 3 rings (SSSR count). The zero-order valence-electron chi connectivity index (χ0n) is 14.0. The van der Waals surface area contributed by atoms with Crippen LogP contribution in [-0.2, 0) is 5.75 Å². The van der Waals surface area contributed by atoms with Gasteiger partial charge in [0.1, 0.15) is 10.8 Å². The molecule has 1 heterocycles. The predicted molar refractivity (Wildman–Crippen MR) is 103 cm³/mol. The van der Waals surface area contributed by atoms with Gasteiger partial charge in [0, 0.05) is 18.4 Å². The maximum atomic E-state index is 4.37. The number of anilines is 1. The second kappa shape index (κ2) is 8.06. The van der Waals surface area contributed by atoms with Crippen LogP contribution in [0.15, 0.2) is 71.8 Å². The predicted octanol–water partition coefficient (Wildman–Crippen LogP) is 5.11. The van der Waals surface area contributed by atoms with Crippen molar-refractivity contribution in [1.82, 2.24) is 10.2 Å². The number of allylic oxidation sites excluding steroid dienone is 4. The summed E-state index contributed by atoms with van der Waals surface area (Å²) in [5, 5.41) is 11.9. The molecule has 1 atom stereocenters. The van der Waals surface area contributed by atoms with Gasteiger partial charge in [-0.25, -0.2) is 0 Å². The van der Waals surface area contributed by atoms with E-state index in [0.29, 0.717) is 5.92 Å². The van der Waals surface area contributed by atoms with Crippen molar-refractivity contribution in [3.05, 3.63) is 77.9 Å². The second-order valence-electron chi connectivity index (χ2n) is 6.04. The van der Waals surface area contributed by atoms with Crippen LogP contribution in [0.2, 0.25) is 0 Å². The third-order valence-corrected chi connectivity index (χ3v) is 5.05. The molecule has 0 spiro atoms. The molecule has 1 aromatic carbocycles. The first-order chi connectivity index (χ1) is 11.7. The molecule has 0 radical (unpaired) electrons. The Morgan fingerprint density at radius 3 is 2.92 bits per heavy atom. The summed E-state index contributed by atoms with van der Waals surface area (Å²) in [6.07, 6.45) is 9.56. The van der Waals surface area contributed by atoms with Gasteiger partial charge in [0.25, 0.3) is 0 Å². The van der Waals surface area contributed by atoms with Crippen LogP contribution in [0.3, 0.4) is 0 Å². The van der Waals surface area contributed by atoms with Crippen molar-refractivity contribution in [2.45, 2.75) is 24.1 Å². The van der Waals surface area contributed by atoms with Crippen LogP contribution in [0.4, 0.5) is 5.82 Å². The smallest absolute Gasteiger partial charge is 0.122 e. The fourth-order valence-corrected chi connectivity index (χ4v) is 3.35. The van der Waals surface area contributed by atoms with Gasteiger partial charge in [-0.3, -0.25) is 5.10 Å². The number of aryl methyl sites for hydroxylation is 1. The van der Waals surface area contributed by atoms with Crippen LogP contribution in [-0.4, -0.2) is 16.7 Å². The largest absolute Gasteiger partial charge is 0.370 e. The lowest BCUT2D eigenvalue weighted by atomic mass is 9.97. The zero-order chi connectivity index (χ0) is 16.8. The van der Waals surface area contributed by atoms with Gasteiger partial charge in [0.2, 0.25) is 0 Å². The summed E-state index contributed by atoms with van der Waals surface area (Å²) in [4.78, 5) is 0. The highest BCUT2D eigenvalue weighted by atomic mass is 32.2. The minimum absolute atomic E-state index is 0.515. The normalized spacial score (nSPS) is 16.7. The molecular weight excluding hydrogens is 314 g/mol. The van der Waals surface area contributed by atoms with Gasteiger partial charge in [-0.05, 0) is 30.4 Å². The Hall–Kier alpha value is -2.20. The van der Waals surface area contributed by atoms with E-state index in [2.05, 4.69) is 77.6 Å². The van der Waals surface area contributed by atoms with Crippen molar-refractivity contribution >= 4 is 17.6 Å². The molecule has 0 saturated heterocycles. The van der Waals surface area contributed by atoms with Gasteiger partial charge in [-0.15, -0.1) is 0 Å². The molecule has 0 fully saturated rings. The molecule has 4 heteroatoms. The molecule has 0 aliphatic heterocycles. The Kier molecular flexibility index (Phi) is 5.59. The van der Waals surface area contributed by atoms with E-state index in [-0.39, 0.29) is 0 Å². The zero-order valence-corrected chi connectivity index (χ0v) is 14.8. The summed E-state index contributed by atoms with van der Waals surface area (Å²) >= 11 is 1.75. The first-order valence-corrected chi connectivity index (χ1v) is 9.20. The Morgan fingerprint density at radius 1 is 1.38 bits per heavy atom. The van der Waals surface area contributed by atoms with Crippen molar-refractivity contribution in [1.29, 1.82) is 0 Å². The lowest BCUT2D eigenvalue weighted by Gasteiger charge is -2.15. The highest BCUT2D eigenvalue weighted by Gasteiger charge is 2.09. The minimum atomic E-state index is 0.515. The number of benzene rings is 1. The highest BCUT2D eigenvalue weighted by Crippen LogP contribution is 2.24. The van der Waals surface area contributed by atoms with E-state index < -0.39 is 0 Å². The number of aromatic amines is 1. The topological polar surface area (TPSA) is 40.7 Å². The molecule has 1 aliphatic carbocycles. The minimum Gasteiger partial charge on any atom is -0.370 e. The summed E-state index contributed by atoms with van der Waals surface area (Å²) in [5.74, 6) is 2.43. The molecule has 124 valence electrons. The summed E-state index contributed by atoms with van der Waals surface area (Å²) in [6, 6.07) is 10.7. The van der Waals surface area contributed by atoms with Crippen LogP contribution in [0.25, 0.3) is 0 Å². The lowest BCUT2D eigenvalue weighted by Crippen LogP contribution is -2.13. The van der Waals surface area contributed by atoms with E-state index in [1.165, 1.54) is 16.7 Å². The molecule has 0 saturated carbocycles. The van der Waals surface area contributed by atoms with Crippen molar-refractivity contribution in [2.24, 2.45) is 5.92 Å². The van der Waals surface area contributed by atoms with Crippen LogP contribution >= 0.6 is 11.8 Å². The third-order valence-electron chi connectivity index (χ3n) is 4.07. The first-order valence-electron chi connectivity index (χ1n) is 8.21. The fraction of sp³-hybridized carbons (Fsp3) is 0.250. The Labute approximate surface area is 147 Å². The Morgan fingerprint density at radius 2 is 2.21 bits per heavy atom. The summed E-state index contributed by atoms with van der Waals surface area (Å²) in [7, 11) is 0. The number of hydrogen-bond acceptors (Lipinski definition) is 3. The van der Waals surface area contributed by atoms with Gasteiger partial charge in [-0.2, -0.15) is 5.10 Å². The van der Waals surface area contributed by atoms with Crippen LogP contribution < -0.4 is 5.32 Å². The molecule has 1 unspecified atom stereocenters. The van der Waals surface area contributed by atoms with Crippen LogP contribution in [0, 0.1) is 12.8 Å². The standard InChI is InChI=1S/C20H23N3S/c1-3-16-8-10-17(11-9-16)13-21-19-12-20(23-22-19)24-14-18-6-4-15(2)5-7-18/h3-10,12,17H,1,11,13-14H2,2H3,(H2,21,22,23). The first kappa shape index (κ1) is 16.7. The Balaban J connectivity index is 1.45. The number of nitrogens with one attached hydrogen (secondary N) is 2. The van der Waals surface area contributed by atoms with E-state index in [1.807, 2.05) is 6.08 Å². The molecule has 3 nitrogen and oxygen atoms in total. The summed E-state index contributed by atoms with van der Waals surface area (Å²) in [5.41, 5.74) is 3.82. The maximum absolute atomic E-state index is 4.37. The van der Waals surface area contributed by atoms with Crippen molar-refractivity contribution < 1.29 is 0 Å². The van der Waals surface area contributed by atoms with E-state index in [4.69, 9.17) is 0 Å². The summed E-state index contributed by atoms with van der Waals surface area (Å²) in [6.45, 7) is 6.81. The van der Waals surface area contributed by atoms with Gasteiger partial charge >= 0.3 is 0 Å². The van der Waals surface area contributed by atoms with E-state index in [9.17, 15) is 0 Å². The SMILES string of the molecule is C=CC1=CCC(CNc2cc(SCc3ccc(C)cc3)n[nH]2)C=C1. The number of H-pyrrole nitrogens is 1. The lowest BCUT2D eigenvalue weighted by molar-refractivity contribution is 0.687. The number of aromatic nitrogens is 2. The van der Waals surface area contributed by atoms with Crippen molar-refractivity contribution in [3.8, 4) is 0 Å². The van der Waals surface area contributed by atoms with E-state index in [0.717, 1.165) is 29.6 Å². The monoisotopic (exact) mass is 337 g/mol. The van der Waals surface area contributed by atoms with Crippen molar-refractivity contribution in [3.63, 3.8) is 0 Å². The third kappa shape index (κ3) is 4.65. The molecule has 2 N–H and O–H groups in total. The van der Waals surface area contributed by atoms with Crippen LogP contribution in [0.5, 0.6) is 0 Å². The van der Waals surface area contributed by atoms with E-state index in [1.54, 1.807) is 11.8 Å². The van der Waals surface area contributed by atoms with Gasteiger partial charge in [0.15, 0.2) is 0 Å². The maximum Gasteiger partial charge on any atom is 0.122 e. The van der Waals surface area contributed by atoms with Crippen molar-refractivity contribution in [2.75, 3.05) is 11.9 Å². The fourth-order valence-electron chi connectivity index (χ4n) is 2.53. The number of hydrogen-bond donors (Lipinski definition) is 2. The molecule has 0 amide bonds. The number of rotatable bonds is 7.